The zero-order chi connectivity index (χ0) is 19.8. The van der Waals surface area contributed by atoms with Gasteiger partial charge in [-0.1, -0.05) is 24.3 Å². The van der Waals surface area contributed by atoms with Crippen molar-refractivity contribution in [1.82, 2.24) is 5.32 Å². The molecule has 0 bridgehead atoms. The number of hydrogen-bond acceptors (Lipinski definition) is 5. The van der Waals surface area contributed by atoms with Crippen molar-refractivity contribution in [3.8, 4) is 11.8 Å². The quantitative estimate of drug-likeness (QED) is 0.600. The Balaban J connectivity index is 1.53. The van der Waals surface area contributed by atoms with Crippen molar-refractivity contribution in [2.75, 3.05) is 5.32 Å². The van der Waals surface area contributed by atoms with Crippen LogP contribution in [0.1, 0.15) is 22.9 Å². The van der Waals surface area contributed by atoms with E-state index in [4.69, 9.17) is 10.00 Å². The number of hydrogen-bond donors (Lipinski definition) is 2. The van der Waals surface area contributed by atoms with Gasteiger partial charge in [0.15, 0.2) is 0 Å². The van der Waals surface area contributed by atoms with E-state index in [1.54, 1.807) is 17.4 Å². The fourth-order valence-electron chi connectivity index (χ4n) is 2.63. The Bertz CT molecular complexity index is 964. The number of nitrogens with one attached hydrogen (secondary N) is 2. The summed E-state index contributed by atoms with van der Waals surface area (Å²) in [5.41, 5.74) is 2.35. The number of nitriles is 1. The summed E-state index contributed by atoms with van der Waals surface area (Å²) in [6.45, 7) is 2.73. The van der Waals surface area contributed by atoms with Crippen molar-refractivity contribution in [2.45, 2.75) is 26.1 Å². The topological polar surface area (TPSA) is 74.1 Å². The summed E-state index contributed by atoms with van der Waals surface area (Å²) in [4.78, 5) is 13.4. The molecule has 0 spiro atoms. The first-order valence-electron chi connectivity index (χ1n) is 8.92. The van der Waals surface area contributed by atoms with Gasteiger partial charge in [0.25, 0.3) is 0 Å². The summed E-state index contributed by atoms with van der Waals surface area (Å²) in [6.07, 6.45) is 0. The molecule has 0 aliphatic heterocycles. The minimum absolute atomic E-state index is 0.0620. The zero-order valence-corrected chi connectivity index (χ0v) is 16.3. The number of anilines is 1. The first-order valence-corrected chi connectivity index (χ1v) is 9.80. The van der Waals surface area contributed by atoms with Crippen LogP contribution in [0, 0.1) is 11.3 Å². The lowest BCUT2D eigenvalue weighted by Crippen LogP contribution is -2.37. The Morgan fingerprint density at radius 1 is 1.18 bits per heavy atom. The first kappa shape index (κ1) is 19.5. The summed E-state index contributed by atoms with van der Waals surface area (Å²) in [7, 11) is 0. The Labute approximate surface area is 168 Å². The van der Waals surface area contributed by atoms with E-state index in [1.807, 2.05) is 66.9 Å². The number of ether oxygens (including phenoxy) is 1. The molecule has 28 heavy (non-hydrogen) atoms. The van der Waals surface area contributed by atoms with E-state index in [2.05, 4.69) is 16.7 Å². The average molecular weight is 391 g/mol. The molecule has 2 N–H and O–H groups in total. The van der Waals surface area contributed by atoms with Crippen LogP contribution < -0.4 is 15.4 Å². The fourth-order valence-corrected chi connectivity index (χ4v) is 3.27. The lowest BCUT2D eigenvalue weighted by atomic mass is 10.1. The van der Waals surface area contributed by atoms with Crippen LogP contribution in [0.4, 0.5) is 5.69 Å². The molecular weight excluding hydrogens is 370 g/mol. The molecule has 0 aliphatic rings. The van der Waals surface area contributed by atoms with Crippen LogP contribution in [0.2, 0.25) is 0 Å². The van der Waals surface area contributed by atoms with Crippen LogP contribution in [0.3, 0.4) is 0 Å². The Kier molecular flexibility index (Phi) is 6.66. The Morgan fingerprint density at radius 2 is 2.04 bits per heavy atom. The van der Waals surface area contributed by atoms with E-state index in [-0.39, 0.29) is 11.9 Å². The summed E-state index contributed by atoms with van der Waals surface area (Å²) in [5.74, 6) is 0.631. The van der Waals surface area contributed by atoms with Crippen molar-refractivity contribution < 1.29 is 9.53 Å². The van der Waals surface area contributed by atoms with Crippen molar-refractivity contribution in [3.63, 3.8) is 0 Å². The highest BCUT2D eigenvalue weighted by atomic mass is 32.1. The molecule has 0 aliphatic carbocycles. The highest BCUT2D eigenvalue weighted by molar-refractivity contribution is 7.09. The third kappa shape index (κ3) is 5.60. The molecule has 6 heteroatoms. The van der Waals surface area contributed by atoms with Crippen LogP contribution in [-0.4, -0.2) is 11.9 Å². The fraction of sp³-hybridized carbons (Fsp3) is 0.182. The number of benzene rings is 2. The van der Waals surface area contributed by atoms with Crippen LogP contribution in [-0.2, 0) is 17.9 Å². The van der Waals surface area contributed by atoms with Gasteiger partial charge < -0.3 is 15.4 Å². The molecule has 1 aromatic heterocycles. The highest BCUT2D eigenvalue weighted by Crippen LogP contribution is 2.19. The summed E-state index contributed by atoms with van der Waals surface area (Å²) >= 11 is 1.62. The average Bonchev–Trinajstić information content (AvgIpc) is 3.24. The van der Waals surface area contributed by atoms with E-state index in [0.29, 0.717) is 24.5 Å². The maximum absolute atomic E-state index is 12.3. The zero-order valence-electron chi connectivity index (χ0n) is 15.5. The van der Waals surface area contributed by atoms with Crippen LogP contribution in [0.25, 0.3) is 0 Å². The molecule has 1 heterocycles. The molecule has 3 rings (SSSR count). The second kappa shape index (κ2) is 9.58. The van der Waals surface area contributed by atoms with Crippen molar-refractivity contribution in [2.24, 2.45) is 0 Å². The van der Waals surface area contributed by atoms with Gasteiger partial charge in [0, 0.05) is 16.6 Å². The SMILES string of the molecule is CC(Nc1cccc(OCc2cccc(C#N)c2)c1)C(=O)NCc1cccs1. The predicted octanol–water partition coefficient (Wildman–Crippen LogP) is 4.32. The van der Waals surface area contributed by atoms with E-state index < -0.39 is 0 Å². The van der Waals surface area contributed by atoms with Gasteiger partial charge in [0.1, 0.15) is 18.4 Å². The smallest absolute Gasteiger partial charge is 0.242 e. The van der Waals surface area contributed by atoms with E-state index >= 15 is 0 Å². The minimum Gasteiger partial charge on any atom is -0.489 e. The molecule has 5 nitrogen and oxygen atoms in total. The van der Waals surface area contributed by atoms with Gasteiger partial charge in [-0.05, 0) is 48.2 Å². The Morgan fingerprint density at radius 3 is 2.82 bits per heavy atom. The van der Waals surface area contributed by atoms with Crippen molar-refractivity contribution in [3.05, 3.63) is 82.0 Å². The number of nitrogens with zero attached hydrogens (tertiary/aromatic N) is 1. The lowest BCUT2D eigenvalue weighted by Gasteiger charge is -2.16. The van der Waals surface area contributed by atoms with Gasteiger partial charge in [0.05, 0.1) is 18.2 Å². The van der Waals surface area contributed by atoms with Crippen LogP contribution in [0.15, 0.2) is 66.0 Å². The van der Waals surface area contributed by atoms with Crippen molar-refractivity contribution in [1.29, 1.82) is 5.26 Å². The van der Waals surface area contributed by atoms with Crippen LogP contribution >= 0.6 is 11.3 Å². The molecule has 142 valence electrons. The molecule has 2 aromatic carbocycles. The van der Waals surface area contributed by atoms with E-state index in [9.17, 15) is 4.79 Å². The molecule has 0 saturated heterocycles. The molecule has 1 unspecified atom stereocenters. The molecule has 1 amide bonds. The molecule has 0 radical (unpaired) electrons. The van der Waals surface area contributed by atoms with E-state index in [0.717, 1.165) is 16.1 Å². The highest BCUT2D eigenvalue weighted by Gasteiger charge is 2.12. The number of thiophene rings is 1. The van der Waals surface area contributed by atoms with E-state index in [1.165, 1.54) is 0 Å². The maximum Gasteiger partial charge on any atom is 0.242 e. The monoisotopic (exact) mass is 391 g/mol. The van der Waals surface area contributed by atoms with Gasteiger partial charge >= 0.3 is 0 Å². The summed E-state index contributed by atoms with van der Waals surface area (Å²) < 4.78 is 5.82. The third-order valence-electron chi connectivity index (χ3n) is 4.09. The lowest BCUT2D eigenvalue weighted by molar-refractivity contribution is -0.121. The minimum atomic E-state index is -0.373. The number of amides is 1. The number of carbonyl (C=O) groups is 1. The second-order valence-corrected chi connectivity index (χ2v) is 7.32. The van der Waals surface area contributed by atoms with Gasteiger partial charge in [-0.2, -0.15) is 5.26 Å². The molecule has 0 fully saturated rings. The number of carbonyl (C=O) groups excluding carboxylic acids is 1. The van der Waals surface area contributed by atoms with Crippen LogP contribution in [0.5, 0.6) is 5.75 Å². The van der Waals surface area contributed by atoms with Gasteiger partial charge in [-0.3, -0.25) is 4.79 Å². The summed E-state index contributed by atoms with van der Waals surface area (Å²) in [6, 6.07) is 20.5. The largest absolute Gasteiger partial charge is 0.489 e. The normalized spacial score (nSPS) is 11.3. The van der Waals surface area contributed by atoms with Gasteiger partial charge in [0.2, 0.25) is 5.91 Å². The van der Waals surface area contributed by atoms with Gasteiger partial charge in [-0.25, -0.2) is 0 Å². The molecule has 1 atom stereocenters. The predicted molar refractivity (Wildman–Crippen MR) is 111 cm³/mol. The Hall–Kier alpha value is -3.30. The number of rotatable bonds is 8. The van der Waals surface area contributed by atoms with Gasteiger partial charge in [-0.15, -0.1) is 11.3 Å². The van der Waals surface area contributed by atoms with Crippen molar-refractivity contribution >= 4 is 22.9 Å². The first-order chi connectivity index (χ1) is 13.6. The third-order valence-corrected chi connectivity index (χ3v) is 4.97. The maximum atomic E-state index is 12.3. The molecular formula is C22H21N3O2S. The standard InChI is InChI=1S/C22H21N3O2S/c1-16(22(26)24-14-21-9-4-10-28-21)25-19-7-3-8-20(12-19)27-15-18-6-2-5-17(11-18)13-23/h2-12,16,25H,14-15H2,1H3,(H,24,26). The summed E-state index contributed by atoms with van der Waals surface area (Å²) in [5, 5.41) is 17.1. The molecule has 3 aromatic rings. The molecule has 0 saturated carbocycles. The second-order valence-electron chi connectivity index (χ2n) is 6.29.